The Balaban J connectivity index is 0.00000161. The minimum atomic E-state index is 0. The number of aryl methyl sites for hydroxylation is 1. The van der Waals surface area contributed by atoms with Crippen molar-refractivity contribution in [1.82, 2.24) is 14.9 Å². The van der Waals surface area contributed by atoms with Crippen LogP contribution in [0.25, 0.3) is 0 Å². The van der Waals surface area contributed by atoms with Gasteiger partial charge in [0.2, 0.25) is 0 Å². The summed E-state index contributed by atoms with van der Waals surface area (Å²) in [6.45, 7) is 4.23. The molecule has 1 aliphatic rings. The first kappa shape index (κ1) is 15.9. The molecule has 0 saturated heterocycles. The first-order chi connectivity index (χ1) is 9.81. The van der Waals surface area contributed by atoms with E-state index >= 15 is 0 Å². The molecule has 0 saturated carbocycles. The molecule has 0 atom stereocenters. The van der Waals surface area contributed by atoms with Crippen molar-refractivity contribution in [2.75, 3.05) is 18.0 Å². The van der Waals surface area contributed by atoms with Crippen LogP contribution in [0.1, 0.15) is 27.9 Å². The second-order valence-electron chi connectivity index (χ2n) is 4.66. The minimum Gasteiger partial charge on any atom is -0.311 e. The number of hydrogen-bond donors (Lipinski definition) is 1. The van der Waals surface area contributed by atoms with Crippen molar-refractivity contribution in [2.24, 2.45) is 0 Å². The number of hydrogen-bond acceptors (Lipinski definition) is 5. The lowest BCUT2D eigenvalue weighted by Crippen LogP contribution is -2.34. The van der Waals surface area contributed by atoms with Gasteiger partial charge >= 0.3 is 0 Å². The van der Waals surface area contributed by atoms with Gasteiger partial charge in [0.1, 0.15) is 4.88 Å². The van der Waals surface area contributed by atoms with Crippen LogP contribution in [0.2, 0.25) is 0 Å². The van der Waals surface area contributed by atoms with E-state index in [0.717, 1.165) is 36.5 Å². The van der Waals surface area contributed by atoms with Crippen molar-refractivity contribution >= 4 is 35.5 Å². The number of aromatic nitrogens is 2. The maximum Gasteiger partial charge on any atom is 0.271 e. The SMILES string of the molecule is CCc1nnsc1C(=O)N1CCNCc2ccccc21.Cl. The van der Waals surface area contributed by atoms with E-state index in [2.05, 4.69) is 21.0 Å². The molecule has 112 valence electrons. The number of nitrogens with zero attached hydrogens (tertiary/aromatic N) is 3. The average molecular weight is 325 g/mol. The smallest absolute Gasteiger partial charge is 0.271 e. The Hall–Kier alpha value is -1.50. The molecule has 0 fully saturated rings. The van der Waals surface area contributed by atoms with E-state index in [9.17, 15) is 4.79 Å². The Labute approximate surface area is 133 Å². The number of halogens is 1. The predicted octanol–water partition coefficient (Wildman–Crippen LogP) is 2.27. The molecule has 0 spiro atoms. The summed E-state index contributed by atoms with van der Waals surface area (Å²) >= 11 is 1.18. The Kier molecular flexibility index (Phi) is 5.27. The zero-order chi connectivity index (χ0) is 13.9. The molecule has 2 heterocycles. The minimum absolute atomic E-state index is 0. The second kappa shape index (κ2) is 6.98. The molecule has 1 amide bonds. The lowest BCUT2D eigenvalue weighted by Gasteiger charge is -2.21. The van der Waals surface area contributed by atoms with Crippen molar-refractivity contribution in [3.05, 3.63) is 40.4 Å². The van der Waals surface area contributed by atoms with E-state index in [1.165, 1.54) is 11.5 Å². The molecular formula is C14H17ClN4OS. The highest BCUT2D eigenvalue weighted by molar-refractivity contribution is 7.08. The summed E-state index contributed by atoms with van der Waals surface area (Å²) in [6.07, 6.45) is 0.727. The van der Waals surface area contributed by atoms with Crippen molar-refractivity contribution in [3.63, 3.8) is 0 Å². The number of nitrogens with one attached hydrogen (secondary N) is 1. The van der Waals surface area contributed by atoms with Crippen molar-refractivity contribution in [1.29, 1.82) is 0 Å². The molecule has 3 rings (SSSR count). The summed E-state index contributed by atoms with van der Waals surface area (Å²) in [5, 5.41) is 7.38. The van der Waals surface area contributed by atoms with Crippen LogP contribution in [0, 0.1) is 0 Å². The second-order valence-corrected chi connectivity index (χ2v) is 5.42. The van der Waals surface area contributed by atoms with Crippen LogP contribution in [0.4, 0.5) is 5.69 Å². The van der Waals surface area contributed by atoms with E-state index in [1.807, 2.05) is 30.0 Å². The first-order valence-corrected chi connectivity index (χ1v) is 7.50. The zero-order valence-corrected chi connectivity index (χ0v) is 13.3. The molecule has 0 unspecified atom stereocenters. The number of rotatable bonds is 2. The molecule has 1 aromatic carbocycles. The Bertz CT molecular complexity index is 631. The molecule has 0 aliphatic carbocycles. The molecule has 0 radical (unpaired) electrons. The summed E-state index contributed by atoms with van der Waals surface area (Å²) in [5.74, 6) is 0.00741. The third-order valence-corrected chi connectivity index (χ3v) is 4.20. The third kappa shape index (κ3) is 3.07. The third-order valence-electron chi connectivity index (χ3n) is 3.44. The van der Waals surface area contributed by atoms with Crippen molar-refractivity contribution in [3.8, 4) is 0 Å². The number of fused-ring (bicyclic) bond motifs is 1. The van der Waals surface area contributed by atoms with Crippen LogP contribution in [0.5, 0.6) is 0 Å². The number of anilines is 1. The van der Waals surface area contributed by atoms with Gasteiger partial charge in [0.15, 0.2) is 0 Å². The molecule has 2 aromatic rings. The maximum absolute atomic E-state index is 12.8. The topological polar surface area (TPSA) is 58.1 Å². The highest BCUT2D eigenvalue weighted by Gasteiger charge is 2.25. The summed E-state index contributed by atoms with van der Waals surface area (Å²) in [4.78, 5) is 15.3. The van der Waals surface area contributed by atoms with E-state index in [0.29, 0.717) is 11.4 Å². The highest BCUT2D eigenvalue weighted by Crippen LogP contribution is 2.25. The van der Waals surface area contributed by atoms with Gasteiger partial charge in [-0.05, 0) is 29.6 Å². The van der Waals surface area contributed by atoms with Gasteiger partial charge in [-0.2, -0.15) is 0 Å². The molecule has 21 heavy (non-hydrogen) atoms. The van der Waals surface area contributed by atoms with Gasteiger partial charge in [-0.3, -0.25) is 4.79 Å². The summed E-state index contributed by atoms with van der Waals surface area (Å²) in [6, 6.07) is 8.02. The molecule has 1 aliphatic heterocycles. The van der Waals surface area contributed by atoms with Gasteiger partial charge in [-0.15, -0.1) is 17.5 Å². The largest absolute Gasteiger partial charge is 0.311 e. The van der Waals surface area contributed by atoms with Crippen molar-refractivity contribution in [2.45, 2.75) is 19.9 Å². The molecule has 1 N–H and O–H groups in total. The Morgan fingerprint density at radius 1 is 1.43 bits per heavy atom. The van der Waals surface area contributed by atoms with Gasteiger partial charge in [0.05, 0.1) is 5.69 Å². The molecule has 7 heteroatoms. The lowest BCUT2D eigenvalue weighted by molar-refractivity contribution is 0.0990. The zero-order valence-electron chi connectivity index (χ0n) is 11.7. The van der Waals surface area contributed by atoms with Crippen LogP contribution in [0.3, 0.4) is 0 Å². The fourth-order valence-corrected chi connectivity index (χ4v) is 3.09. The lowest BCUT2D eigenvalue weighted by atomic mass is 10.1. The van der Waals surface area contributed by atoms with Crippen molar-refractivity contribution < 1.29 is 4.79 Å². The van der Waals surface area contributed by atoms with E-state index in [1.54, 1.807) is 0 Å². The maximum atomic E-state index is 12.8. The predicted molar refractivity (Wildman–Crippen MR) is 86.4 cm³/mol. The number of carbonyl (C=O) groups excluding carboxylic acids is 1. The number of amides is 1. The van der Waals surface area contributed by atoms with Gasteiger partial charge in [-0.25, -0.2) is 0 Å². The normalized spacial score (nSPS) is 14.0. The number of carbonyl (C=O) groups is 1. The Morgan fingerprint density at radius 2 is 2.24 bits per heavy atom. The van der Waals surface area contributed by atoms with E-state index < -0.39 is 0 Å². The quantitative estimate of drug-likeness (QED) is 0.920. The summed E-state index contributed by atoms with van der Waals surface area (Å²) < 4.78 is 3.92. The van der Waals surface area contributed by atoms with Crippen LogP contribution < -0.4 is 10.2 Å². The van der Waals surface area contributed by atoms with Gasteiger partial charge in [0.25, 0.3) is 5.91 Å². The standard InChI is InChI=1S/C14H16N4OS.ClH/c1-2-11-13(20-17-16-11)14(19)18-8-7-15-9-10-5-3-4-6-12(10)18;/h3-6,15H,2,7-9H2,1H3;1H. The van der Waals surface area contributed by atoms with Gasteiger partial charge in [0, 0.05) is 25.3 Å². The molecular weight excluding hydrogens is 308 g/mol. The monoisotopic (exact) mass is 324 g/mol. The van der Waals surface area contributed by atoms with E-state index in [4.69, 9.17) is 0 Å². The molecule has 1 aromatic heterocycles. The van der Waals surface area contributed by atoms with Gasteiger partial charge in [-0.1, -0.05) is 29.6 Å². The number of para-hydroxylation sites is 1. The van der Waals surface area contributed by atoms with Crippen LogP contribution in [0.15, 0.2) is 24.3 Å². The summed E-state index contributed by atoms with van der Waals surface area (Å²) in [7, 11) is 0. The number of benzene rings is 1. The summed E-state index contributed by atoms with van der Waals surface area (Å²) in [5.41, 5.74) is 2.92. The van der Waals surface area contributed by atoms with Crippen LogP contribution >= 0.6 is 23.9 Å². The fraction of sp³-hybridized carbons (Fsp3) is 0.357. The Morgan fingerprint density at radius 3 is 3.05 bits per heavy atom. The van der Waals surface area contributed by atoms with E-state index in [-0.39, 0.29) is 18.3 Å². The van der Waals surface area contributed by atoms with Gasteiger partial charge < -0.3 is 10.2 Å². The average Bonchev–Trinajstić information content (AvgIpc) is 2.86. The fourth-order valence-electron chi connectivity index (χ4n) is 2.39. The van der Waals surface area contributed by atoms with Crippen LogP contribution in [-0.4, -0.2) is 28.6 Å². The molecule has 0 bridgehead atoms. The van der Waals surface area contributed by atoms with Crippen LogP contribution in [-0.2, 0) is 13.0 Å². The first-order valence-electron chi connectivity index (χ1n) is 6.73. The highest BCUT2D eigenvalue weighted by atomic mass is 35.5. The molecule has 5 nitrogen and oxygen atoms in total.